The van der Waals surface area contributed by atoms with Crippen LogP contribution < -0.4 is 10.2 Å². The predicted molar refractivity (Wildman–Crippen MR) is 109 cm³/mol. The Morgan fingerprint density at radius 2 is 2.04 bits per heavy atom. The number of hydrogen-bond acceptors (Lipinski definition) is 8. The van der Waals surface area contributed by atoms with Crippen LogP contribution >= 0.6 is 23.1 Å². The molecule has 1 amide bonds. The average Bonchev–Trinajstić information content (AvgIpc) is 3.25. The Balaban J connectivity index is 1.51. The first kappa shape index (κ1) is 17.7. The fraction of sp³-hybridized carbons (Fsp3) is 0.235. The van der Waals surface area contributed by atoms with Gasteiger partial charge >= 0.3 is 0 Å². The van der Waals surface area contributed by atoms with Gasteiger partial charge in [-0.3, -0.25) is 9.20 Å². The minimum Gasteiger partial charge on any atom is -0.354 e. The van der Waals surface area contributed by atoms with Gasteiger partial charge in [-0.25, -0.2) is 4.98 Å². The lowest BCUT2D eigenvalue weighted by Crippen LogP contribution is -2.14. The number of nitrogens with zero attached hydrogens (tertiary/aromatic N) is 6. The van der Waals surface area contributed by atoms with Gasteiger partial charge in [0.2, 0.25) is 5.91 Å². The lowest BCUT2D eigenvalue weighted by Gasteiger charge is -2.04. The maximum Gasteiger partial charge on any atom is 0.234 e. The highest BCUT2D eigenvalue weighted by Crippen LogP contribution is 2.30. The number of benzene rings is 1. The van der Waals surface area contributed by atoms with E-state index in [0.29, 0.717) is 16.5 Å². The number of thiazole rings is 1. The van der Waals surface area contributed by atoms with Crippen molar-refractivity contribution in [1.29, 1.82) is 0 Å². The Morgan fingerprint density at radius 3 is 2.78 bits per heavy atom. The number of rotatable bonds is 5. The van der Waals surface area contributed by atoms with Gasteiger partial charge in [0.15, 0.2) is 21.6 Å². The third-order valence-electron chi connectivity index (χ3n) is 3.81. The van der Waals surface area contributed by atoms with Crippen LogP contribution in [0.25, 0.3) is 16.0 Å². The quantitative estimate of drug-likeness (QED) is 0.516. The molecule has 4 rings (SSSR count). The van der Waals surface area contributed by atoms with E-state index < -0.39 is 0 Å². The molecular formula is C17H17N7OS2. The van der Waals surface area contributed by atoms with E-state index in [1.165, 1.54) is 23.1 Å². The van der Waals surface area contributed by atoms with Crippen LogP contribution in [0.1, 0.15) is 5.56 Å². The molecule has 0 fully saturated rings. The molecule has 10 heteroatoms. The van der Waals surface area contributed by atoms with Crippen LogP contribution in [0.15, 0.2) is 35.7 Å². The highest BCUT2D eigenvalue weighted by Gasteiger charge is 2.16. The van der Waals surface area contributed by atoms with E-state index >= 15 is 0 Å². The van der Waals surface area contributed by atoms with Gasteiger partial charge in [0.05, 0.1) is 5.75 Å². The lowest BCUT2D eigenvalue weighted by molar-refractivity contribution is -0.113. The van der Waals surface area contributed by atoms with E-state index in [-0.39, 0.29) is 11.7 Å². The van der Waals surface area contributed by atoms with Crippen molar-refractivity contribution in [3.63, 3.8) is 0 Å². The maximum atomic E-state index is 12.2. The highest BCUT2D eigenvalue weighted by molar-refractivity contribution is 7.99. The van der Waals surface area contributed by atoms with Crippen molar-refractivity contribution in [2.75, 3.05) is 30.1 Å². The fourth-order valence-electron chi connectivity index (χ4n) is 2.44. The van der Waals surface area contributed by atoms with Crippen molar-refractivity contribution in [2.24, 2.45) is 0 Å². The van der Waals surface area contributed by atoms with Crippen LogP contribution in [0.3, 0.4) is 0 Å². The summed E-state index contributed by atoms with van der Waals surface area (Å²) in [5.41, 5.74) is 3.28. The molecule has 8 nitrogen and oxygen atoms in total. The molecule has 0 saturated carbocycles. The van der Waals surface area contributed by atoms with Gasteiger partial charge in [-0.05, 0) is 19.1 Å². The Bertz CT molecular complexity index is 1120. The number of carbonyl (C=O) groups excluding carboxylic acids is 1. The smallest absolute Gasteiger partial charge is 0.234 e. The van der Waals surface area contributed by atoms with Gasteiger partial charge in [-0.1, -0.05) is 40.8 Å². The Morgan fingerprint density at radius 1 is 1.26 bits per heavy atom. The summed E-state index contributed by atoms with van der Waals surface area (Å²) in [6, 6.07) is 7.69. The first-order valence-electron chi connectivity index (χ1n) is 8.18. The maximum absolute atomic E-state index is 12.2. The van der Waals surface area contributed by atoms with Crippen LogP contribution in [-0.2, 0) is 4.79 Å². The number of anilines is 2. The summed E-state index contributed by atoms with van der Waals surface area (Å²) in [7, 11) is 3.87. The van der Waals surface area contributed by atoms with E-state index in [1.807, 2.05) is 50.2 Å². The second-order valence-corrected chi connectivity index (χ2v) is 8.09. The molecule has 4 aromatic rings. The molecule has 138 valence electrons. The summed E-state index contributed by atoms with van der Waals surface area (Å²) in [6.45, 7) is 2.01. The second kappa shape index (κ2) is 7.12. The summed E-state index contributed by atoms with van der Waals surface area (Å²) in [4.78, 5) is 23.0. The Labute approximate surface area is 163 Å². The third kappa shape index (κ3) is 3.58. The molecule has 0 aliphatic carbocycles. The average molecular weight is 400 g/mol. The molecule has 0 aliphatic heterocycles. The molecule has 27 heavy (non-hydrogen) atoms. The van der Waals surface area contributed by atoms with E-state index in [4.69, 9.17) is 0 Å². The van der Waals surface area contributed by atoms with Crippen LogP contribution in [0.5, 0.6) is 0 Å². The third-order valence-corrected chi connectivity index (χ3v) is 5.96. The van der Waals surface area contributed by atoms with Crippen LogP contribution in [0, 0.1) is 6.92 Å². The molecule has 3 heterocycles. The minimum absolute atomic E-state index is 0.0951. The molecule has 0 bridgehead atoms. The molecule has 0 spiro atoms. The van der Waals surface area contributed by atoms with Crippen LogP contribution in [0.2, 0.25) is 0 Å². The zero-order valence-electron chi connectivity index (χ0n) is 15.0. The number of carbonyl (C=O) groups is 1. The molecule has 0 radical (unpaired) electrons. The van der Waals surface area contributed by atoms with Crippen molar-refractivity contribution in [1.82, 2.24) is 24.6 Å². The Hall–Kier alpha value is -2.72. The summed E-state index contributed by atoms with van der Waals surface area (Å²) in [5, 5.41) is 12.8. The number of amides is 1. The SMILES string of the molecule is Cc1ccc(NC(=O)CSc2nnc3c4sc(N(C)C)nc4ncn23)cc1. The van der Waals surface area contributed by atoms with E-state index in [9.17, 15) is 4.79 Å². The number of aryl methyl sites for hydroxylation is 1. The number of nitrogens with one attached hydrogen (secondary N) is 1. The van der Waals surface area contributed by atoms with Gasteiger partial charge in [0, 0.05) is 19.8 Å². The summed E-state index contributed by atoms with van der Waals surface area (Å²) < 4.78 is 2.67. The van der Waals surface area contributed by atoms with Crippen LogP contribution in [-0.4, -0.2) is 50.3 Å². The number of hydrogen-bond donors (Lipinski definition) is 1. The molecule has 1 aromatic carbocycles. The van der Waals surface area contributed by atoms with E-state index in [0.717, 1.165) is 21.1 Å². The topological polar surface area (TPSA) is 88.3 Å². The van der Waals surface area contributed by atoms with Gasteiger partial charge in [0.25, 0.3) is 0 Å². The Kier molecular flexibility index (Phi) is 4.66. The number of fused-ring (bicyclic) bond motifs is 3. The first-order valence-corrected chi connectivity index (χ1v) is 9.98. The summed E-state index contributed by atoms with van der Waals surface area (Å²) in [6.07, 6.45) is 1.65. The normalized spacial score (nSPS) is 11.2. The van der Waals surface area contributed by atoms with Crippen molar-refractivity contribution in [2.45, 2.75) is 12.1 Å². The van der Waals surface area contributed by atoms with Gasteiger partial charge in [-0.2, -0.15) is 4.98 Å². The first-order chi connectivity index (χ1) is 13.0. The lowest BCUT2D eigenvalue weighted by atomic mass is 10.2. The van der Waals surface area contributed by atoms with Crippen molar-refractivity contribution in [3.8, 4) is 0 Å². The second-order valence-electron chi connectivity index (χ2n) is 6.17. The fourth-order valence-corrected chi connectivity index (χ4v) is 4.06. The number of thioether (sulfide) groups is 1. The molecule has 1 N–H and O–H groups in total. The predicted octanol–water partition coefficient (Wildman–Crippen LogP) is 2.84. The molecule has 0 unspecified atom stereocenters. The molecule has 0 saturated heterocycles. The van der Waals surface area contributed by atoms with E-state index in [1.54, 1.807) is 10.7 Å². The largest absolute Gasteiger partial charge is 0.354 e. The van der Waals surface area contributed by atoms with Gasteiger partial charge in [0.1, 0.15) is 11.0 Å². The number of aromatic nitrogens is 5. The molecular weight excluding hydrogens is 382 g/mol. The van der Waals surface area contributed by atoms with Crippen LogP contribution in [0.4, 0.5) is 10.8 Å². The van der Waals surface area contributed by atoms with Crippen molar-refractivity contribution < 1.29 is 4.79 Å². The van der Waals surface area contributed by atoms with Gasteiger partial charge in [-0.15, -0.1) is 10.2 Å². The summed E-state index contributed by atoms with van der Waals surface area (Å²) >= 11 is 2.84. The van der Waals surface area contributed by atoms with Gasteiger partial charge < -0.3 is 10.2 Å². The monoisotopic (exact) mass is 399 g/mol. The molecule has 0 atom stereocenters. The minimum atomic E-state index is -0.0951. The summed E-state index contributed by atoms with van der Waals surface area (Å²) in [5.74, 6) is 0.139. The highest BCUT2D eigenvalue weighted by atomic mass is 32.2. The molecule has 0 aliphatic rings. The van der Waals surface area contributed by atoms with Crippen molar-refractivity contribution in [3.05, 3.63) is 36.2 Å². The van der Waals surface area contributed by atoms with E-state index in [2.05, 4.69) is 25.5 Å². The standard InChI is InChI=1S/C17H17N7OS2/c1-10-4-6-11(7-5-10)19-12(25)8-26-17-22-21-15-13-14(18-9-24(15)17)20-16(27-13)23(2)3/h4-7,9H,8H2,1-3H3,(H,19,25). The van der Waals surface area contributed by atoms with Crippen molar-refractivity contribution >= 4 is 55.8 Å². The zero-order valence-corrected chi connectivity index (χ0v) is 16.6. The molecule has 3 aromatic heterocycles. The zero-order chi connectivity index (χ0) is 19.0.